The van der Waals surface area contributed by atoms with Gasteiger partial charge in [-0.2, -0.15) is 4.72 Å². The lowest BCUT2D eigenvalue weighted by Gasteiger charge is -2.21. The van der Waals surface area contributed by atoms with E-state index in [0.717, 1.165) is 24.1 Å². The van der Waals surface area contributed by atoms with Crippen molar-refractivity contribution in [2.24, 2.45) is 11.8 Å². The summed E-state index contributed by atoms with van der Waals surface area (Å²) >= 11 is 0. The van der Waals surface area contributed by atoms with Crippen LogP contribution in [0.2, 0.25) is 0 Å². The molecule has 1 aliphatic carbocycles. The number of sulfonamides is 1. The first kappa shape index (κ1) is 18.8. The van der Waals surface area contributed by atoms with Crippen molar-refractivity contribution in [2.45, 2.75) is 50.5 Å². The van der Waals surface area contributed by atoms with Gasteiger partial charge >= 0.3 is 5.97 Å². The molecule has 7 nitrogen and oxygen atoms in total. The number of hydrogen-bond donors (Lipinski definition) is 2. The van der Waals surface area contributed by atoms with Gasteiger partial charge in [0.2, 0.25) is 15.9 Å². The van der Waals surface area contributed by atoms with Crippen LogP contribution in [0.15, 0.2) is 23.1 Å². The summed E-state index contributed by atoms with van der Waals surface area (Å²) in [6.45, 7) is 4.08. The zero-order valence-electron chi connectivity index (χ0n) is 14.9. The quantitative estimate of drug-likeness (QED) is 0.750. The van der Waals surface area contributed by atoms with Crippen molar-refractivity contribution >= 4 is 27.6 Å². The molecular formula is C18H24N2O5S. The molecule has 2 N–H and O–H groups in total. The lowest BCUT2D eigenvalue weighted by atomic mass is 10.0. The number of fused-ring (bicyclic) bond motifs is 1. The topological polar surface area (TPSA) is 104 Å². The van der Waals surface area contributed by atoms with Crippen LogP contribution in [-0.2, 0) is 26.0 Å². The Morgan fingerprint density at radius 3 is 2.62 bits per heavy atom. The maximum Gasteiger partial charge on any atom is 0.322 e. The van der Waals surface area contributed by atoms with Gasteiger partial charge in [0.25, 0.3) is 0 Å². The molecule has 1 fully saturated rings. The number of hydrogen-bond acceptors (Lipinski definition) is 4. The summed E-state index contributed by atoms with van der Waals surface area (Å²) in [5.41, 5.74) is 1.56. The number of amides is 1. The third kappa shape index (κ3) is 3.61. The van der Waals surface area contributed by atoms with Gasteiger partial charge in [-0.25, -0.2) is 8.42 Å². The van der Waals surface area contributed by atoms with Gasteiger partial charge in [-0.15, -0.1) is 0 Å². The molecule has 1 aromatic carbocycles. The SMILES string of the molecule is CC[C@H](C)[C@H](NS(=O)(=O)c1ccc2c(c1)CCN2C(=O)C1CC1)C(=O)O. The molecule has 0 bridgehead atoms. The Morgan fingerprint density at radius 1 is 1.35 bits per heavy atom. The lowest BCUT2D eigenvalue weighted by molar-refractivity contribution is -0.140. The standard InChI is InChI=1S/C18H24N2O5S/c1-3-11(2)16(18(22)23)19-26(24,25)14-6-7-15-13(10-14)8-9-20(15)17(21)12-4-5-12/h6-7,10-12,16,19H,3-5,8-9H2,1-2H3,(H,22,23)/t11-,16-/m0/s1. The molecule has 0 saturated heterocycles. The molecule has 1 saturated carbocycles. The maximum absolute atomic E-state index is 12.6. The highest BCUT2D eigenvalue weighted by molar-refractivity contribution is 7.89. The first-order chi connectivity index (χ1) is 12.2. The van der Waals surface area contributed by atoms with Crippen molar-refractivity contribution in [3.05, 3.63) is 23.8 Å². The van der Waals surface area contributed by atoms with Crippen LogP contribution in [0.5, 0.6) is 0 Å². The monoisotopic (exact) mass is 380 g/mol. The number of benzene rings is 1. The van der Waals surface area contributed by atoms with Crippen LogP contribution in [0, 0.1) is 11.8 Å². The van der Waals surface area contributed by atoms with Crippen LogP contribution in [0.4, 0.5) is 5.69 Å². The third-order valence-corrected chi connectivity index (χ3v) is 6.65. The van der Waals surface area contributed by atoms with Crippen LogP contribution in [0.1, 0.15) is 38.7 Å². The van der Waals surface area contributed by atoms with Gasteiger partial charge in [-0.3, -0.25) is 9.59 Å². The average Bonchev–Trinajstić information content (AvgIpc) is 3.37. The van der Waals surface area contributed by atoms with E-state index in [2.05, 4.69) is 4.72 Å². The molecule has 8 heteroatoms. The second-order valence-corrected chi connectivity index (χ2v) is 8.84. The second-order valence-electron chi connectivity index (χ2n) is 7.13. The van der Waals surface area contributed by atoms with E-state index in [4.69, 9.17) is 0 Å². The molecule has 142 valence electrons. The summed E-state index contributed by atoms with van der Waals surface area (Å²) in [6.07, 6.45) is 2.99. The van der Waals surface area contributed by atoms with Crippen molar-refractivity contribution in [1.29, 1.82) is 0 Å². The van der Waals surface area contributed by atoms with E-state index in [1.54, 1.807) is 24.0 Å². The zero-order valence-corrected chi connectivity index (χ0v) is 15.8. The summed E-state index contributed by atoms with van der Waals surface area (Å²) in [5, 5.41) is 9.32. The Balaban J connectivity index is 1.83. The Kier molecular flexibility index (Phi) is 5.07. The van der Waals surface area contributed by atoms with Crippen molar-refractivity contribution in [3.8, 4) is 0 Å². The first-order valence-electron chi connectivity index (χ1n) is 8.94. The predicted molar refractivity (Wildman–Crippen MR) is 96.4 cm³/mol. The second kappa shape index (κ2) is 7.00. The van der Waals surface area contributed by atoms with Gasteiger partial charge in [-0.05, 0) is 48.9 Å². The average molecular weight is 380 g/mol. The first-order valence-corrected chi connectivity index (χ1v) is 10.4. The highest BCUT2D eigenvalue weighted by atomic mass is 32.2. The van der Waals surface area contributed by atoms with Gasteiger partial charge < -0.3 is 10.0 Å². The molecule has 0 radical (unpaired) electrons. The van der Waals surface area contributed by atoms with E-state index < -0.39 is 22.0 Å². The Morgan fingerprint density at radius 2 is 2.04 bits per heavy atom. The van der Waals surface area contributed by atoms with E-state index in [9.17, 15) is 23.1 Å². The molecule has 1 aliphatic heterocycles. The van der Waals surface area contributed by atoms with Crippen molar-refractivity contribution < 1.29 is 23.1 Å². The molecule has 0 unspecified atom stereocenters. The summed E-state index contributed by atoms with van der Waals surface area (Å²) in [5.74, 6) is -1.30. The Bertz CT molecular complexity index is 832. The number of carbonyl (C=O) groups is 2. The van der Waals surface area contributed by atoms with Crippen LogP contribution >= 0.6 is 0 Å². The molecule has 1 heterocycles. The van der Waals surface area contributed by atoms with Gasteiger partial charge in [0, 0.05) is 18.2 Å². The minimum atomic E-state index is -3.96. The van der Waals surface area contributed by atoms with E-state index in [-0.39, 0.29) is 22.6 Å². The summed E-state index contributed by atoms with van der Waals surface area (Å²) in [4.78, 5) is 25.5. The molecule has 0 spiro atoms. The molecule has 1 amide bonds. The summed E-state index contributed by atoms with van der Waals surface area (Å²) in [6, 6.07) is 3.46. The number of nitrogens with zero attached hydrogens (tertiary/aromatic N) is 1. The van der Waals surface area contributed by atoms with Crippen molar-refractivity contribution in [1.82, 2.24) is 4.72 Å². The third-order valence-electron chi connectivity index (χ3n) is 5.21. The number of aliphatic carboxylic acids is 1. The van der Waals surface area contributed by atoms with Gasteiger partial charge in [0.15, 0.2) is 0 Å². The molecule has 3 rings (SSSR count). The number of anilines is 1. The lowest BCUT2D eigenvalue weighted by Crippen LogP contribution is -2.44. The van der Waals surface area contributed by atoms with E-state index in [1.165, 1.54) is 6.07 Å². The molecule has 2 aliphatic rings. The fourth-order valence-electron chi connectivity index (χ4n) is 3.21. The normalized spacial score (nSPS) is 19.1. The van der Waals surface area contributed by atoms with Crippen molar-refractivity contribution in [2.75, 3.05) is 11.4 Å². The fourth-order valence-corrected chi connectivity index (χ4v) is 4.55. The number of nitrogens with one attached hydrogen (secondary N) is 1. The maximum atomic E-state index is 12.6. The molecule has 1 aromatic rings. The van der Waals surface area contributed by atoms with E-state index >= 15 is 0 Å². The molecule has 26 heavy (non-hydrogen) atoms. The minimum Gasteiger partial charge on any atom is -0.480 e. The van der Waals surface area contributed by atoms with Gasteiger partial charge in [0.1, 0.15) is 6.04 Å². The predicted octanol–water partition coefficient (Wildman–Crippen LogP) is 1.76. The van der Waals surface area contributed by atoms with E-state index in [0.29, 0.717) is 19.4 Å². The minimum absolute atomic E-state index is 0.0338. The van der Waals surface area contributed by atoms with Crippen LogP contribution < -0.4 is 9.62 Å². The van der Waals surface area contributed by atoms with Crippen LogP contribution in [-0.4, -0.2) is 38.0 Å². The van der Waals surface area contributed by atoms with Crippen LogP contribution in [0.25, 0.3) is 0 Å². The van der Waals surface area contributed by atoms with Crippen molar-refractivity contribution in [3.63, 3.8) is 0 Å². The number of carboxylic acid groups (broad SMARTS) is 1. The Hall–Kier alpha value is -1.93. The number of carbonyl (C=O) groups excluding carboxylic acids is 1. The molecule has 0 aromatic heterocycles. The van der Waals surface area contributed by atoms with Gasteiger partial charge in [0.05, 0.1) is 4.90 Å². The summed E-state index contributed by atoms with van der Waals surface area (Å²) in [7, 11) is -3.96. The Labute approximate surface area is 153 Å². The summed E-state index contributed by atoms with van der Waals surface area (Å²) < 4.78 is 27.6. The largest absolute Gasteiger partial charge is 0.480 e. The van der Waals surface area contributed by atoms with Crippen LogP contribution in [0.3, 0.4) is 0 Å². The smallest absolute Gasteiger partial charge is 0.322 e. The number of carboxylic acids is 1. The highest BCUT2D eigenvalue weighted by Crippen LogP contribution is 2.37. The highest BCUT2D eigenvalue weighted by Gasteiger charge is 2.37. The molecular weight excluding hydrogens is 356 g/mol. The number of rotatable bonds is 7. The zero-order chi connectivity index (χ0) is 19.1. The molecule has 2 atom stereocenters. The fraction of sp³-hybridized carbons (Fsp3) is 0.556. The van der Waals surface area contributed by atoms with E-state index in [1.807, 2.05) is 6.92 Å². The van der Waals surface area contributed by atoms with Gasteiger partial charge in [-0.1, -0.05) is 20.3 Å².